The third-order valence-corrected chi connectivity index (χ3v) is 4.96. The fraction of sp³-hybridized carbons (Fsp3) is 0.292. The molecule has 1 heterocycles. The first-order valence-electron chi connectivity index (χ1n) is 9.93. The van der Waals surface area contributed by atoms with Crippen LogP contribution < -0.4 is 4.74 Å². The van der Waals surface area contributed by atoms with Crippen LogP contribution in [0.15, 0.2) is 60.7 Å². The first-order chi connectivity index (χ1) is 14.8. The van der Waals surface area contributed by atoms with Gasteiger partial charge in [0.15, 0.2) is 0 Å². The largest absolute Gasteiger partial charge is 0.478 e. The van der Waals surface area contributed by atoms with E-state index in [0.717, 1.165) is 5.56 Å². The van der Waals surface area contributed by atoms with E-state index in [1.54, 1.807) is 51.1 Å². The average Bonchev–Trinajstić information content (AvgIpc) is 2.73. The lowest BCUT2D eigenvalue weighted by Crippen LogP contribution is -2.49. The Bertz CT molecular complexity index is 1010. The van der Waals surface area contributed by atoms with Gasteiger partial charge in [-0.3, -0.25) is 0 Å². The number of aryl methyl sites for hydroxylation is 2. The molecule has 31 heavy (non-hydrogen) atoms. The maximum Gasteiger partial charge on any atom is 0.348 e. The summed E-state index contributed by atoms with van der Waals surface area (Å²) in [6.07, 6.45) is -0.918. The Morgan fingerprint density at radius 3 is 2.26 bits per heavy atom. The summed E-state index contributed by atoms with van der Waals surface area (Å²) < 4.78 is 25.1. The second-order valence-electron chi connectivity index (χ2n) is 7.47. The highest BCUT2D eigenvalue weighted by molar-refractivity contribution is 5.75. The Kier molecular flexibility index (Phi) is 6.97. The predicted molar refractivity (Wildman–Crippen MR) is 113 cm³/mol. The lowest BCUT2D eigenvalue weighted by molar-refractivity contribution is -0.168. The third-order valence-electron chi connectivity index (χ3n) is 4.96. The third kappa shape index (κ3) is 5.64. The second-order valence-corrected chi connectivity index (χ2v) is 7.47. The molecule has 6 nitrogen and oxygen atoms in total. The standard InChI is InChI=1S/C24H25FN2O4/c1-16-15-17(2)27-23(26-16)31-21(22(28)29)24(3,19-7-5-4-6-8-19)30-14-13-18-9-11-20(25)12-10-18/h4-12,15,21H,13-14H2,1-3H3,(H,28,29). The molecule has 2 unspecified atom stereocenters. The topological polar surface area (TPSA) is 81.5 Å². The molecule has 0 aliphatic carbocycles. The quantitative estimate of drug-likeness (QED) is 0.553. The van der Waals surface area contributed by atoms with Crippen LogP contribution >= 0.6 is 0 Å². The summed E-state index contributed by atoms with van der Waals surface area (Å²) in [6.45, 7) is 5.45. The summed E-state index contributed by atoms with van der Waals surface area (Å²) >= 11 is 0. The van der Waals surface area contributed by atoms with E-state index in [1.807, 2.05) is 18.2 Å². The SMILES string of the molecule is Cc1cc(C)nc(OC(C(=O)O)C(C)(OCCc2ccc(F)cc2)c2ccccc2)n1. The first kappa shape index (κ1) is 22.4. The van der Waals surface area contributed by atoms with Crippen molar-refractivity contribution in [2.75, 3.05) is 6.61 Å². The van der Waals surface area contributed by atoms with Gasteiger partial charge in [-0.1, -0.05) is 42.5 Å². The molecule has 0 aliphatic rings. The molecular formula is C24H25FN2O4. The average molecular weight is 424 g/mol. The van der Waals surface area contributed by atoms with Crippen molar-refractivity contribution in [1.82, 2.24) is 9.97 Å². The summed E-state index contributed by atoms with van der Waals surface area (Å²) in [5.74, 6) is -1.51. The van der Waals surface area contributed by atoms with Crippen molar-refractivity contribution >= 4 is 5.97 Å². The van der Waals surface area contributed by atoms with Gasteiger partial charge >= 0.3 is 12.0 Å². The first-order valence-corrected chi connectivity index (χ1v) is 9.93. The van der Waals surface area contributed by atoms with Crippen LogP contribution in [0.4, 0.5) is 4.39 Å². The Labute approximate surface area is 180 Å². The molecule has 7 heteroatoms. The number of aromatic nitrogens is 2. The van der Waals surface area contributed by atoms with E-state index in [1.165, 1.54) is 12.1 Å². The van der Waals surface area contributed by atoms with E-state index < -0.39 is 17.7 Å². The number of carbonyl (C=O) groups is 1. The smallest absolute Gasteiger partial charge is 0.348 e. The molecule has 0 saturated carbocycles. The van der Waals surface area contributed by atoms with E-state index in [0.29, 0.717) is 23.4 Å². The normalized spacial score (nSPS) is 13.9. The van der Waals surface area contributed by atoms with Gasteiger partial charge in [-0.05, 0) is 56.5 Å². The van der Waals surface area contributed by atoms with Gasteiger partial charge in [0.05, 0.1) is 6.61 Å². The molecule has 0 fully saturated rings. The Balaban J connectivity index is 1.89. The maximum atomic E-state index is 13.2. The minimum atomic E-state index is -1.40. The minimum Gasteiger partial charge on any atom is -0.478 e. The molecule has 0 amide bonds. The van der Waals surface area contributed by atoms with Crippen molar-refractivity contribution in [3.05, 3.63) is 89.0 Å². The zero-order chi connectivity index (χ0) is 22.4. The fourth-order valence-electron chi connectivity index (χ4n) is 3.36. The van der Waals surface area contributed by atoms with E-state index >= 15 is 0 Å². The molecular weight excluding hydrogens is 399 g/mol. The van der Waals surface area contributed by atoms with E-state index in [-0.39, 0.29) is 18.4 Å². The summed E-state index contributed by atoms with van der Waals surface area (Å²) in [4.78, 5) is 20.7. The van der Waals surface area contributed by atoms with Crippen LogP contribution in [0.3, 0.4) is 0 Å². The molecule has 3 aromatic rings. The summed E-state index contributed by atoms with van der Waals surface area (Å²) in [5, 5.41) is 10.0. The van der Waals surface area contributed by atoms with Gasteiger partial charge in [0, 0.05) is 11.4 Å². The van der Waals surface area contributed by atoms with Crippen LogP contribution in [0, 0.1) is 19.7 Å². The van der Waals surface area contributed by atoms with Crippen LogP contribution in [0.1, 0.15) is 29.4 Å². The summed E-state index contributed by atoms with van der Waals surface area (Å²) in [7, 11) is 0. The molecule has 2 atom stereocenters. The van der Waals surface area contributed by atoms with Gasteiger partial charge < -0.3 is 14.6 Å². The number of hydrogen-bond acceptors (Lipinski definition) is 5. The van der Waals surface area contributed by atoms with E-state index in [4.69, 9.17) is 9.47 Å². The number of carboxylic acid groups (broad SMARTS) is 1. The summed E-state index contributed by atoms with van der Waals surface area (Å²) in [6, 6.07) is 16.9. The van der Waals surface area contributed by atoms with Gasteiger partial charge in [-0.25, -0.2) is 19.2 Å². The van der Waals surface area contributed by atoms with E-state index in [2.05, 4.69) is 9.97 Å². The van der Waals surface area contributed by atoms with Crippen molar-refractivity contribution in [2.45, 2.75) is 38.9 Å². The zero-order valence-electron chi connectivity index (χ0n) is 17.7. The molecule has 162 valence electrons. The zero-order valence-corrected chi connectivity index (χ0v) is 17.7. The molecule has 0 spiro atoms. The Morgan fingerprint density at radius 1 is 1.06 bits per heavy atom. The number of halogens is 1. The van der Waals surface area contributed by atoms with Crippen LogP contribution in [-0.2, 0) is 21.6 Å². The molecule has 0 radical (unpaired) electrons. The van der Waals surface area contributed by atoms with Crippen LogP contribution in [-0.4, -0.2) is 33.8 Å². The Hall–Kier alpha value is -3.32. The van der Waals surface area contributed by atoms with Crippen LogP contribution in [0.5, 0.6) is 6.01 Å². The highest BCUT2D eigenvalue weighted by Crippen LogP contribution is 2.32. The van der Waals surface area contributed by atoms with Crippen LogP contribution in [0.2, 0.25) is 0 Å². The highest BCUT2D eigenvalue weighted by atomic mass is 19.1. The van der Waals surface area contributed by atoms with Crippen molar-refractivity contribution in [1.29, 1.82) is 0 Å². The van der Waals surface area contributed by atoms with Gasteiger partial charge in [-0.2, -0.15) is 0 Å². The number of rotatable bonds is 9. The molecule has 3 rings (SSSR count). The lowest BCUT2D eigenvalue weighted by atomic mass is 9.89. The molecule has 0 saturated heterocycles. The number of nitrogens with zero attached hydrogens (tertiary/aromatic N) is 2. The monoisotopic (exact) mass is 424 g/mol. The minimum absolute atomic E-state index is 0.0193. The van der Waals surface area contributed by atoms with Crippen molar-refractivity contribution in [2.24, 2.45) is 0 Å². The fourth-order valence-corrected chi connectivity index (χ4v) is 3.36. The number of ether oxygens (including phenoxy) is 2. The Morgan fingerprint density at radius 2 is 1.68 bits per heavy atom. The molecule has 1 aromatic heterocycles. The lowest BCUT2D eigenvalue weighted by Gasteiger charge is -2.35. The highest BCUT2D eigenvalue weighted by Gasteiger charge is 2.44. The van der Waals surface area contributed by atoms with Gasteiger partial charge in [0.2, 0.25) is 6.10 Å². The second kappa shape index (κ2) is 9.66. The van der Waals surface area contributed by atoms with Crippen molar-refractivity contribution in [3.8, 4) is 6.01 Å². The van der Waals surface area contributed by atoms with E-state index in [9.17, 15) is 14.3 Å². The van der Waals surface area contributed by atoms with Crippen LogP contribution in [0.25, 0.3) is 0 Å². The van der Waals surface area contributed by atoms with Crippen molar-refractivity contribution < 1.29 is 23.8 Å². The molecule has 1 N–H and O–H groups in total. The molecule has 0 bridgehead atoms. The number of benzene rings is 2. The summed E-state index contributed by atoms with van der Waals surface area (Å²) in [5.41, 5.74) is 1.54. The predicted octanol–water partition coefficient (Wildman–Crippen LogP) is 4.24. The van der Waals surface area contributed by atoms with Gasteiger partial charge in [0.25, 0.3) is 0 Å². The number of hydrogen-bond donors (Lipinski definition) is 1. The molecule has 2 aromatic carbocycles. The van der Waals surface area contributed by atoms with Gasteiger partial charge in [0.1, 0.15) is 11.4 Å². The van der Waals surface area contributed by atoms with Crippen molar-refractivity contribution in [3.63, 3.8) is 0 Å². The number of aliphatic carboxylic acids is 1. The molecule has 0 aliphatic heterocycles. The maximum absolute atomic E-state index is 13.2. The van der Waals surface area contributed by atoms with Gasteiger partial charge in [-0.15, -0.1) is 0 Å². The number of carboxylic acids is 1.